The summed E-state index contributed by atoms with van der Waals surface area (Å²) in [5, 5.41) is 10.7. The van der Waals surface area contributed by atoms with Gasteiger partial charge in [0.1, 0.15) is 17.3 Å². The number of thiophene rings is 1. The number of aliphatic hydroxyl groups is 1. The third kappa shape index (κ3) is 2.32. The lowest BCUT2D eigenvalue weighted by Crippen LogP contribution is -2.20. The third-order valence-electron chi connectivity index (χ3n) is 4.75. The van der Waals surface area contributed by atoms with Gasteiger partial charge in [-0.2, -0.15) is 0 Å². The Kier molecular flexibility index (Phi) is 3.55. The minimum Gasteiger partial charge on any atom is -0.474 e. The van der Waals surface area contributed by atoms with Crippen molar-refractivity contribution in [3.8, 4) is 5.88 Å². The number of aryl methyl sites for hydroxylation is 1. The highest BCUT2D eigenvalue weighted by atomic mass is 32.1. The van der Waals surface area contributed by atoms with E-state index in [0.717, 1.165) is 41.8 Å². The molecular weight excluding hydrogens is 284 g/mol. The summed E-state index contributed by atoms with van der Waals surface area (Å²) in [5.41, 5.74) is 1.25. The van der Waals surface area contributed by atoms with Crippen LogP contribution in [0.4, 0.5) is 0 Å². The van der Waals surface area contributed by atoms with E-state index >= 15 is 0 Å². The quantitative estimate of drug-likeness (QED) is 0.944. The van der Waals surface area contributed by atoms with Crippen LogP contribution in [0.15, 0.2) is 6.33 Å². The second-order valence-electron chi connectivity index (χ2n) is 6.09. The van der Waals surface area contributed by atoms with Crippen LogP contribution in [0.2, 0.25) is 0 Å². The van der Waals surface area contributed by atoms with Crippen molar-refractivity contribution in [1.82, 2.24) is 9.97 Å². The van der Waals surface area contributed by atoms with Crippen molar-refractivity contribution in [2.75, 3.05) is 6.61 Å². The van der Waals surface area contributed by atoms with Crippen LogP contribution < -0.4 is 4.74 Å². The van der Waals surface area contributed by atoms with E-state index in [1.165, 1.54) is 29.7 Å². The molecule has 0 bridgehead atoms. The molecule has 4 rings (SSSR count). The molecule has 1 fully saturated rings. The van der Waals surface area contributed by atoms with E-state index in [2.05, 4.69) is 9.97 Å². The van der Waals surface area contributed by atoms with Gasteiger partial charge in [-0.15, -0.1) is 11.3 Å². The molecule has 2 aliphatic carbocycles. The number of aliphatic hydroxyl groups excluding tert-OH is 1. The van der Waals surface area contributed by atoms with Gasteiger partial charge in [0.2, 0.25) is 5.88 Å². The molecule has 0 saturated heterocycles. The molecule has 0 aliphatic heterocycles. The maximum Gasteiger partial charge on any atom is 0.225 e. The van der Waals surface area contributed by atoms with Gasteiger partial charge in [0, 0.05) is 10.8 Å². The Bertz CT molecular complexity index is 649. The number of rotatable bonds is 3. The smallest absolute Gasteiger partial charge is 0.225 e. The molecule has 2 heterocycles. The fourth-order valence-corrected chi connectivity index (χ4v) is 4.88. The number of ether oxygens (including phenoxy) is 1. The van der Waals surface area contributed by atoms with Crippen LogP contribution in [0.1, 0.15) is 54.9 Å². The van der Waals surface area contributed by atoms with Crippen LogP contribution in [0.25, 0.3) is 10.2 Å². The largest absolute Gasteiger partial charge is 0.474 e. The number of hydrogen-bond donors (Lipinski definition) is 1. The first kappa shape index (κ1) is 13.5. The van der Waals surface area contributed by atoms with E-state index in [4.69, 9.17) is 4.74 Å². The Labute approximate surface area is 128 Å². The summed E-state index contributed by atoms with van der Waals surface area (Å²) in [7, 11) is 0. The zero-order valence-corrected chi connectivity index (χ0v) is 12.9. The molecule has 1 saturated carbocycles. The van der Waals surface area contributed by atoms with Crippen LogP contribution >= 0.6 is 11.3 Å². The standard InChI is InChI=1S/C16H20N2O2S/c19-8-10-6-7-12-13(10)14-15(17-9-18-16(14)21-12)20-11-4-2-1-3-5-11/h9-11,19H,1-8H2/t10-/m0/s1. The van der Waals surface area contributed by atoms with Crippen molar-refractivity contribution in [3.63, 3.8) is 0 Å². The molecule has 0 spiro atoms. The van der Waals surface area contributed by atoms with Crippen LogP contribution in [0, 0.1) is 0 Å². The summed E-state index contributed by atoms with van der Waals surface area (Å²) in [6.07, 6.45) is 10.1. The molecule has 1 N–H and O–H groups in total. The number of hydrogen-bond acceptors (Lipinski definition) is 5. The molecule has 112 valence electrons. The van der Waals surface area contributed by atoms with Gasteiger partial charge >= 0.3 is 0 Å². The first-order valence-corrected chi connectivity index (χ1v) is 8.72. The molecule has 0 amide bonds. The number of aromatic nitrogens is 2. The van der Waals surface area contributed by atoms with Crippen molar-refractivity contribution < 1.29 is 9.84 Å². The topological polar surface area (TPSA) is 55.2 Å². The van der Waals surface area contributed by atoms with Gasteiger partial charge in [0.05, 0.1) is 12.0 Å². The Balaban J connectivity index is 1.74. The maximum atomic E-state index is 9.63. The summed E-state index contributed by atoms with van der Waals surface area (Å²) in [5.74, 6) is 0.971. The van der Waals surface area contributed by atoms with Gasteiger partial charge in [-0.3, -0.25) is 0 Å². The molecule has 2 aromatic rings. The van der Waals surface area contributed by atoms with E-state index in [9.17, 15) is 5.11 Å². The predicted molar refractivity (Wildman–Crippen MR) is 83.1 cm³/mol. The molecule has 0 unspecified atom stereocenters. The summed E-state index contributed by atoms with van der Waals surface area (Å²) >= 11 is 1.74. The highest BCUT2D eigenvalue weighted by Gasteiger charge is 2.30. The van der Waals surface area contributed by atoms with E-state index in [1.54, 1.807) is 17.7 Å². The van der Waals surface area contributed by atoms with Gasteiger partial charge in [-0.25, -0.2) is 9.97 Å². The third-order valence-corrected chi connectivity index (χ3v) is 5.92. The monoisotopic (exact) mass is 304 g/mol. The lowest BCUT2D eigenvalue weighted by Gasteiger charge is -2.23. The summed E-state index contributed by atoms with van der Waals surface area (Å²) in [6, 6.07) is 0. The van der Waals surface area contributed by atoms with Crippen molar-refractivity contribution in [1.29, 1.82) is 0 Å². The Hall–Kier alpha value is -1.20. The summed E-state index contributed by atoms with van der Waals surface area (Å²) in [6.45, 7) is 0.205. The highest BCUT2D eigenvalue weighted by Crippen LogP contribution is 2.45. The minimum atomic E-state index is 0.205. The molecular formula is C16H20N2O2S. The zero-order chi connectivity index (χ0) is 14.2. The highest BCUT2D eigenvalue weighted by molar-refractivity contribution is 7.19. The normalized spacial score (nSPS) is 22.6. The number of fused-ring (bicyclic) bond motifs is 3. The Morgan fingerprint density at radius 3 is 2.86 bits per heavy atom. The van der Waals surface area contributed by atoms with Crippen LogP contribution in [-0.4, -0.2) is 27.8 Å². The summed E-state index contributed by atoms with van der Waals surface area (Å²) < 4.78 is 6.22. The summed E-state index contributed by atoms with van der Waals surface area (Å²) in [4.78, 5) is 11.2. The minimum absolute atomic E-state index is 0.205. The van der Waals surface area contributed by atoms with Gasteiger partial charge < -0.3 is 9.84 Å². The van der Waals surface area contributed by atoms with Crippen LogP contribution in [0.3, 0.4) is 0 Å². The second-order valence-corrected chi connectivity index (χ2v) is 7.18. The molecule has 2 aliphatic rings. The van der Waals surface area contributed by atoms with E-state index < -0.39 is 0 Å². The lowest BCUT2D eigenvalue weighted by atomic mass is 9.97. The van der Waals surface area contributed by atoms with Gasteiger partial charge in [0.25, 0.3) is 0 Å². The molecule has 2 aromatic heterocycles. The predicted octanol–water partition coefficient (Wildman–Crippen LogP) is 3.42. The van der Waals surface area contributed by atoms with Crippen molar-refractivity contribution in [2.24, 2.45) is 0 Å². The van der Waals surface area contributed by atoms with E-state index in [1.807, 2.05) is 0 Å². The first-order chi connectivity index (χ1) is 10.4. The van der Waals surface area contributed by atoms with E-state index in [0.29, 0.717) is 6.10 Å². The average Bonchev–Trinajstić information content (AvgIpc) is 3.07. The molecule has 0 aromatic carbocycles. The first-order valence-electron chi connectivity index (χ1n) is 7.90. The second kappa shape index (κ2) is 5.54. The SMILES string of the molecule is OC[C@@H]1CCc2sc3ncnc(OC4CCCCC4)c3c21. The van der Waals surface area contributed by atoms with Gasteiger partial charge in [-0.05, 0) is 44.1 Å². The van der Waals surface area contributed by atoms with Crippen molar-refractivity contribution >= 4 is 21.6 Å². The van der Waals surface area contributed by atoms with E-state index in [-0.39, 0.29) is 12.5 Å². The Morgan fingerprint density at radius 1 is 1.19 bits per heavy atom. The van der Waals surface area contributed by atoms with Crippen LogP contribution in [-0.2, 0) is 6.42 Å². The molecule has 5 heteroatoms. The molecule has 4 nitrogen and oxygen atoms in total. The molecule has 0 radical (unpaired) electrons. The fourth-order valence-electron chi connectivity index (χ4n) is 3.65. The van der Waals surface area contributed by atoms with Gasteiger partial charge in [-0.1, -0.05) is 6.42 Å². The number of nitrogens with zero attached hydrogens (tertiary/aromatic N) is 2. The van der Waals surface area contributed by atoms with Gasteiger partial charge in [0.15, 0.2) is 0 Å². The maximum absolute atomic E-state index is 9.63. The average molecular weight is 304 g/mol. The fraction of sp³-hybridized carbons (Fsp3) is 0.625. The Morgan fingerprint density at radius 2 is 2.05 bits per heavy atom. The zero-order valence-electron chi connectivity index (χ0n) is 12.0. The van der Waals surface area contributed by atoms with Crippen molar-refractivity contribution in [2.45, 2.75) is 57.0 Å². The van der Waals surface area contributed by atoms with Crippen LogP contribution in [0.5, 0.6) is 5.88 Å². The lowest BCUT2D eigenvalue weighted by molar-refractivity contribution is 0.150. The van der Waals surface area contributed by atoms with Crippen molar-refractivity contribution in [3.05, 3.63) is 16.8 Å². The molecule has 1 atom stereocenters. The molecule has 21 heavy (non-hydrogen) atoms.